The van der Waals surface area contributed by atoms with Crippen molar-refractivity contribution in [3.63, 3.8) is 0 Å². The van der Waals surface area contributed by atoms with Gasteiger partial charge >= 0.3 is 0 Å². The Kier molecular flexibility index (Phi) is 6.32. The summed E-state index contributed by atoms with van der Waals surface area (Å²) in [7, 11) is 0. The second kappa shape index (κ2) is 7.08. The first kappa shape index (κ1) is 17.0. The van der Waals surface area contributed by atoms with Crippen LogP contribution < -0.4 is 0 Å². The van der Waals surface area contributed by atoms with Gasteiger partial charge in [0, 0.05) is 26.2 Å². The Hall–Kier alpha value is -0.0800. The number of rotatable bonds is 5. The Labute approximate surface area is 121 Å². The van der Waals surface area contributed by atoms with E-state index in [2.05, 4.69) is 51.3 Å². The molecule has 0 aliphatic carbocycles. The van der Waals surface area contributed by atoms with Crippen LogP contribution in [0.4, 0.5) is 0 Å². The molecular weight excluding hydrogens is 232 g/mol. The lowest BCUT2D eigenvalue weighted by atomic mass is 9.90. The van der Waals surface area contributed by atoms with Gasteiger partial charge in [0.25, 0.3) is 0 Å². The molecule has 0 spiro atoms. The highest BCUT2D eigenvalue weighted by atomic mass is 15.3. The lowest BCUT2D eigenvalue weighted by Crippen LogP contribution is -2.47. The van der Waals surface area contributed by atoms with Crippen LogP contribution in [0, 0.1) is 10.8 Å². The zero-order valence-corrected chi connectivity index (χ0v) is 14.3. The van der Waals surface area contributed by atoms with Crippen molar-refractivity contribution in [3.05, 3.63) is 0 Å². The van der Waals surface area contributed by atoms with Crippen molar-refractivity contribution in [1.29, 1.82) is 0 Å². The highest BCUT2D eigenvalue weighted by molar-refractivity contribution is 4.74. The maximum absolute atomic E-state index is 2.65. The molecule has 1 saturated heterocycles. The smallest absolute Gasteiger partial charge is 0.0110 e. The Morgan fingerprint density at radius 2 is 1.05 bits per heavy atom. The molecule has 0 atom stereocenters. The van der Waals surface area contributed by atoms with Crippen molar-refractivity contribution in [2.75, 3.05) is 39.3 Å². The van der Waals surface area contributed by atoms with E-state index in [0.717, 1.165) is 0 Å². The molecule has 1 heterocycles. The summed E-state index contributed by atoms with van der Waals surface area (Å²) in [6.07, 6.45) is 4.01. The van der Waals surface area contributed by atoms with Gasteiger partial charge in [-0.15, -0.1) is 0 Å². The van der Waals surface area contributed by atoms with Crippen LogP contribution in [-0.4, -0.2) is 49.1 Å². The van der Waals surface area contributed by atoms with Gasteiger partial charge < -0.3 is 9.80 Å². The van der Waals surface area contributed by atoms with Crippen molar-refractivity contribution in [2.45, 2.75) is 60.8 Å². The van der Waals surface area contributed by atoms with E-state index in [4.69, 9.17) is 0 Å². The van der Waals surface area contributed by atoms with E-state index in [1.807, 2.05) is 0 Å². The molecule has 1 aliphatic heterocycles. The number of nitrogens with zero attached hydrogens (tertiary/aromatic N) is 2. The van der Waals surface area contributed by atoms with Crippen LogP contribution in [-0.2, 0) is 0 Å². The molecule has 0 N–H and O–H groups in total. The predicted molar refractivity (Wildman–Crippen MR) is 85.6 cm³/mol. The minimum Gasteiger partial charge on any atom is -0.301 e. The van der Waals surface area contributed by atoms with Crippen molar-refractivity contribution >= 4 is 0 Å². The van der Waals surface area contributed by atoms with E-state index in [-0.39, 0.29) is 0 Å². The van der Waals surface area contributed by atoms with Gasteiger partial charge in [-0.2, -0.15) is 0 Å². The first-order chi connectivity index (χ1) is 8.66. The first-order valence-electron chi connectivity index (χ1n) is 8.10. The molecule has 0 unspecified atom stereocenters. The Morgan fingerprint density at radius 1 is 0.632 bits per heavy atom. The molecule has 19 heavy (non-hydrogen) atoms. The maximum atomic E-state index is 2.65. The summed E-state index contributed by atoms with van der Waals surface area (Å²) >= 11 is 0. The number of hydrogen-bond acceptors (Lipinski definition) is 2. The van der Waals surface area contributed by atoms with Gasteiger partial charge in [0.2, 0.25) is 0 Å². The summed E-state index contributed by atoms with van der Waals surface area (Å²) in [4.78, 5) is 5.30. The average molecular weight is 268 g/mol. The fourth-order valence-electron chi connectivity index (χ4n) is 2.56. The number of piperazine rings is 1. The molecule has 2 heteroatoms. The zero-order chi connectivity index (χ0) is 14.5. The van der Waals surface area contributed by atoms with Crippen LogP contribution in [0.2, 0.25) is 0 Å². The minimum atomic E-state index is 0.476. The molecule has 2 nitrogen and oxygen atoms in total. The fraction of sp³-hybridized carbons (Fsp3) is 1.00. The van der Waals surface area contributed by atoms with E-state index < -0.39 is 0 Å². The van der Waals surface area contributed by atoms with Gasteiger partial charge in [-0.05, 0) is 43.2 Å². The quantitative estimate of drug-likeness (QED) is 0.747. The van der Waals surface area contributed by atoms with Crippen molar-refractivity contribution in [3.8, 4) is 0 Å². The van der Waals surface area contributed by atoms with Crippen LogP contribution in [0.5, 0.6) is 0 Å². The second-order valence-corrected chi connectivity index (χ2v) is 8.66. The second-order valence-electron chi connectivity index (χ2n) is 8.66. The van der Waals surface area contributed by atoms with E-state index in [1.165, 1.54) is 58.5 Å². The SMILES string of the molecule is CC(C)(C)CCCN1CCN(CCC(C)(C)C)CC1. The highest BCUT2D eigenvalue weighted by Gasteiger charge is 2.19. The van der Waals surface area contributed by atoms with Crippen LogP contribution >= 0.6 is 0 Å². The lowest BCUT2D eigenvalue weighted by molar-refractivity contribution is 0.117. The molecule has 0 saturated carbocycles. The maximum Gasteiger partial charge on any atom is 0.0110 e. The van der Waals surface area contributed by atoms with Gasteiger partial charge in [-0.3, -0.25) is 0 Å². The molecule has 0 radical (unpaired) electrons. The van der Waals surface area contributed by atoms with E-state index in [1.54, 1.807) is 0 Å². The standard InChI is InChI=1S/C17H36N2/c1-16(2,3)8-7-10-18-12-14-19(15-13-18)11-9-17(4,5)6/h7-15H2,1-6H3. The molecular formula is C17H36N2. The van der Waals surface area contributed by atoms with E-state index in [0.29, 0.717) is 10.8 Å². The zero-order valence-electron chi connectivity index (χ0n) is 14.3. The van der Waals surface area contributed by atoms with Crippen LogP contribution in [0.15, 0.2) is 0 Å². The fourth-order valence-corrected chi connectivity index (χ4v) is 2.56. The summed E-state index contributed by atoms with van der Waals surface area (Å²) in [6.45, 7) is 21.7. The predicted octanol–water partition coefficient (Wildman–Crippen LogP) is 3.87. The van der Waals surface area contributed by atoms with Crippen LogP contribution in [0.25, 0.3) is 0 Å². The van der Waals surface area contributed by atoms with E-state index in [9.17, 15) is 0 Å². The largest absolute Gasteiger partial charge is 0.301 e. The van der Waals surface area contributed by atoms with Gasteiger partial charge in [0.05, 0.1) is 0 Å². The van der Waals surface area contributed by atoms with Crippen LogP contribution in [0.1, 0.15) is 60.8 Å². The molecule has 0 bridgehead atoms. The molecule has 0 aromatic rings. The van der Waals surface area contributed by atoms with Gasteiger partial charge in [-0.1, -0.05) is 41.5 Å². The third-order valence-corrected chi connectivity index (χ3v) is 4.04. The Balaban J connectivity index is 2.12. The normalized spacial score (nSPS) is 19.9. The van der Waals surface area contributed by atoms with Crippen molar-refractivity contribution in [2.24, 2.45) is 10.8 Å². The molecule has 1 aliphatic rings. The topological polar surface area (TPSA) is 6.48 Å². The molecule has 1 fully saturated rings. The third kappa shape index (κ3) is 8.65. The van der Waals surface area contributed by atoms with Gasteiger partial charge in [0.1, 0.15) is 0 Å². The molecule has 114 valence electrons. The first-order valence-corrected chi connectivity index (χ1v) is 8.10. The van der Waals surface area contributed by atoms with E-state index >= 15 is 0 Å². The van der Waals surface area contributed by atoms with Gasteiger partial charge in [-0.25, -0.2) is 0 Å². The molecule has 0 amide bonds. The highest BCUT2D eigenvalue weighted by Crippen LogP contribution is 2.21. The molecule has 0 aromatic heterocycles. The summed E-state index contributed by atoms with van der Waals surface area (Å²) in [5.74, 6) is 0. The monoisotopic (exact) mass is 268 g/mol. The summed E-state index contributed by atoms with van der Waals surface area (Å²) in [6, 6.07) is 0. The Morgan fingerprint density at radius 3 is 1.47 bits per heavy atom. The average Bonchev–Trinajstić information content (AvgIpc) is 2.25. The molecule has 1 rings (SSSR count). The molecule has 0 aromatic carbocycles. The summed E-state index contributed by atoms with van der Waals surface area (Å²) in [5.41, 5.74) is 0.971. The third-order valence-electron chi connectivity index (χ3n) is 4.04. The van der Waals surface area contributed by atoms with Crippen molar-refractivity contribution in [1.82, 2.24) is 9.80 Å². The minimum absolute atomic E-state index is 0.476. The van der Waals surface area contributed by atoms with Crippen molar-refractivity contribution < 1.29 is 0 Å². The number of hydrogen-bond donors (Lipinski definition) is 0. The Bertz CT molecular complexity index is 239. The van der Waals surface area contributed by atoms with Crippen LogP contribution in [0.3, 0.4) is 0 Å². The summed E-state index contributed by atoms with van der Waals surface area (Å²) in [5, 5.41) is 0. The summed E-state index contributed by atoms with van der Waals surface area (Å²) < 4.78 is 0. The lowest BCUT2D eigenvalue weighted by Gasteiger charge is -2.36. The van der Waals surface area contributed by atoms with Gasteiger partial charge in [0.15, 0.2) is 0 Å².